The lowest BCUT2D eigenvalue weighted by Gasteiger charge is -2.25. The highest BCUT2D eigenvalue weighted by Crippen LogP contribution is 2.53. The molecule has 0 amide bonds. The van der Waals surface area contributed by atoms with Crippen LogP contribution in [0.3, 0.4) is 0 Å². The Bertz CT molecular complexity index is 2170. The van der Waals surface area contributed by atoms with Gasteiger partial charge >= 0.3 is 0 Å². The lowest BCUT2D eigenvalue weighted by molar-refractivity contribution is 0.628. The molecule has 0 atom stereocenters. The van der Waals surface area contributed by atoms with Gasteiger partial charge in [-0.25, -0.2) is 8.78 Å². The fraction of sp³-hybridized carbons (Fsp3) is 0. The zero-order chi connectivity index (χ0) is 29.6. The second-order valence-corrected chi connectivity index (χ2v) is 11.1. The van der Waals surface area contributed by atoms with E-state index in [0.717, 1.165) is 76.8 Å². The van der Waals surface area contributed by atoms with Crippen LogP contribution in [0.15, 0.2) is 158 Å². The van der Waals surface area contributed by atoms with Gasteiger partial charge in [0.25, 0.3) is 0 Å². The van der Waals surface area contributed by atoms with Gasteiger partial charge in [0.15, 0.2) is 0 Å². The second kappa shape index (κ2) is 10.6. The highest BCUT2D eigenvalue weighted by molar-refractivity contribution is 6.33. The van der Waals surface area contributed by atoms with Crippen LogP contribution in [0.1, 0.15) is 0 Å². The summed E-state index contributed by atoms with van der Waals surface area (Å²) in [6, 6.07) is 51.3. The van der Waals surface area contributed by atoms with Gasteiger partial charge < -0.3 is 0 Å². The maximum Gasteiger partial charge on any atom is 0.123 e. The van der Waals surface area contributed by atoms with E-state index in [2.05, 4.69) is 84.9 Å². The van der Waals surface area contributed by atoms with E-state index >= 15 is 8.78 Å². The van der Waals surface area contributed by atoms with Crippen LogP contribution < -0.4 is 0 Å². The average Bonchev–Trinajstić information content (AvgIpc) is 3.07. The molecule has 2 heteroatoms. The van der Waals surface area contributed by atoms with E-state index in [4.69, 9.17) is 0 Å². The van der Waals surface area contributed by atoms with Crippen molar-refractivity contribution in [3.63, 3.8) is 0 Å². The van der Waals surface area contributed by atoms with Crippen LogP contribution >= 0.6 is 0 Å². The average molecular weight is 569 g/mol. The minimum atomic E-state index is -0.292. The molecule has 8 aromatic rings. The molecule has 208 valence electrons. The van der Waals surface area contributed by atoms with Crippen LogP contribution in [-0.2, 0) is 0 Å². The third-order valence-corrected chi connectivity index (χ3v) is 8.53. The Kier molecular flexibility index (Phi) is 6.27. The van der Waals surface area contributed by atoms with E-state index in [9.17, 15) is 0 Å². The summed E-state index contributed by atoms with van der Waals surface area (Å²) in [7, 11) is 0. The Hall–Kier alpha value is -5.60. The zero-order valence-corrected chi connectivity index (χ0v) is 23.8. The molecule has 0 N–H and O–H groups in total. The van der Waals surface area contributed by atoms with Crippen LogP contribution in [0.25, 0.3) is 76.8 Å². The molecular formula is C42H26F2. The Morgan fingerprint density at radius 1 is 0.273 bits per heavy atom. The fourth-order valence-corrected chi connectivity index (χ4v) is 6.82. The zero-order valence-electron chi connectivity index (χ0n) is 23.8. The molecule has 0 unspecified atom stereocenters. The van der Waals surface area contributed by atoms with Crippen LogP contribution in [-0.4, -0.2) is 0 Å². The molecule has 8 aromatic carbocycles. The van der Waals surface area contributed by atoms with E-state index in [0.29, 0.717) is 0 Å². The first kappa shape index (κ1) is 26.1. The normalized spacial score (nSPS) is 11.4. The molecule has 0 bridgehead atoms. The Labute approximate surface area is 254 Å². The monoisotopic (exact) mass is 568 g/mol. The lowest BCUT2D eigenvalue weighted by atomic mass is 9.77. The molecule has 0 aliphatic rings. The smallest absolute Gasteiger partial charge is 0.123 e. The number of hydrogen-bond donors (Lipinski definition) is 0. The molecule has 0 nitrogen and oxygen atoms in total. The second-order valence-electron chi connectivity index (χ2n) is 11.1. The van der Waals surface area contributed by atoms with Crippen molar-refractivity contribution in [1.82, 2.24) is 0 Å². The van der Waals surface area contributed by atoms with Crippen molar-refractivity contribution >= 4 is 32.3 Å². The first-order valence-electron chi connectivity index (χ1n) is 14.7. The predicted octanol–water partition coefficient (Wildman–Crippen LogP) is 12.1. The topological polar surface area (TPSA) is 0 Å². The van der Waals surface area contributed by atoms with Crippen LogP contribution in [0.2, 0.25) is 0 Å². The van der Waals surface area contributed by atoms with Gasteiger partial charge in [-0.05, 0) is 101 Å². The molecule has 0 aromatic heterocycles. The summed E-state index contributed by atoms with van der Waals surface area (Å²) < 4.78 is 30.0. The predicted molar refractivity (Wildman–Crippen MR) is 181 cm³/mol. The van der Waals surface area contributed by atoms with Gasteiger partial charge in [0.1, 0.15) is 11.6 Å². The summed E-state index contributed by atoms with van der Waals surface area (Å²) in [6.45, 7) is 0. The molecule has 8 rings (SSSR count). The molecule has 0 aliphatic heterocycles. The SMILES string of the molecule is Fc1cccc(-c2c3ccccc3c(-c3cccc(F)c3)c3c(-c4ccccc4)c4ccccc4c(-c4ccccc4)c23)c1. The summed E-state index contributed by atoms with van der Waals surface area (Å²) in [5.41, 5.74) is 7.76. The lowest BCUT2D eigenvalue weighted by Crippen LogP contribution is -1.98. The van der Waals surface area contributed by atoms with Crippen molar-refractivity contribution in [2.45, 2.75) is 0 Å². The molecule has 0 radical (unpaired) electrons. The standard InChI is InChI=1S/C42H26F2/c43-31-19-11-17-29(25-31)39-35-23-9-10-24-36(35)40(30-18-12-20-32(44)26-30)42-38(28-15-5-2-6-16-28)34-22-8-7-21-33(34)37(41(39)42)27-13-3-1-4-14-27/h1-26H. The van der Waals surface area contributed by atoms with Gasteiger partial charge in [0, 0.05) is 0 Å². The third-order valence-electron chi connectivity index (χ3n) is 8.53. The van der Waals surface area contributed by atoms with Crippen molar-refractivity contribution in [2.24, 2.45) is 0 Å². The number of rotatable bonds is 4. The van der Waals surface area contributed by atoms with Crippen molar-refractivity contribution in [3.8, 4) is 44.5 Å². The van der Waals surface area contributed by atoms with Gasteiger partial charge in [-0.1, -0.05) is 133 Å². The first-order chi connectivity index (χ1) is 21.7. The quantitative estimate of drug-likeness (QED) is 0.185. The highest BCUT2D eigenvalue weighted by Gasteiger charge is 2.25. The molecule has 0 fully saturated rings. The maximum absolute atomic E-state index is 15.0. The highest BCUT2D eigenvalue weighted by atomic mass is 19.1. The molecular weight excluding hydrogens is 542 g/mol. The summed E-state index contributed by atoms with van der Waals surface area (Å²) >= 11 is 0. The summed E-state index contributed by atoms with van der Waals surface area (Å²) in [4.78, 5) is 0. The Morgan fingerprint density at radius 2 is 0.568 bits per heavy atom. The van der Waals surface area contributed by atoms with Gasteiger partial charge in [-0.15, -0.1) is 0 Å². The maximum atomic E-state index is 15.0. The van der Waals surface area contributed by atoms with Crippen LogP contribution in [0, 0.1) is 11.6 Å². The van der Waals surface area contributed by atoms with Gasteiger partial charge in [-0.2, -0.15) is 0 Å². The minimum Gasteiger partial charge on any atom is -0.207 e. The minimum absolute atomic E-state index is 0.292. The summed E-state index contributed by atoms with van der Waals surface area (Å²) in [5, 5.41) is 6.19. The van der Waals surface area contributed by atoms with E-state index in [1.165, 1.54) is 12.1 Å². The molecule has 0 spiro atoms. The molecule has 0 saturated carbocycles. The first-order valence-corrected chi connectivity index (χ1v) is 14.7. The van der Waals surface area contributed by atoms with Crippen molar-refractivity contribution < 1.29 is 8.78 Å². The van der Waals surface area contributed by atoms with Crippen LogP contribution in [0.4, 0.5) is 8.78 Å². The molecule has 0 saturated heterocycles. The van der Waals surface area contributed by atoms with E-state index in [1.807, 2.05) is 36.4 Å². The number of halogens is 2. The molecule has 0 heterocycles. The van der Waals surface area contributed by atoms with Crippen LogP contribution in [0.5, 0.6) is 0 Å². The molecule has 0 aliphatic carbocycles. The van der Waals surface area contributed by atoms with Gasteiger partial charge in [-0.3, -0.25) is 0 Å². The van der Waals surface area contributed by atoms with E-state index in [1.54, 1.807) is 24.3 Å². The van der Waals surface area contributed by atoms with Crippen molar-refractivity contribution in [3.05, 3.63) is 169 Å². The number of fused-ring (bicyclic) bond motifs is 3. The summed E-state index contributed by atoms with van der Waals surface area (Å²) in [6.07, 6.45) is 0. The van der Waals surface area contributed by atoms with Crippen molar-refractivity contribution in [2.75, 3.05) is 0 Å². The number of benzene rings is 8. The van der Waals surface area contributed by atoms with Gasteiger partial charge in [0.2, 0.25) is 0 Å². The van der Waals surface area contributed by atoms with Crippen molar-refractivity contribution in [1.29, 1.82) is 0 Å². The van der Waals surface area contributed by atoms with E-state index < -0.39 is 0 Å². The van der Waals surface area contributed by atoms with Gasteiger partial charge in [0.05, 0.1) is 0 Å². The largest absolute Gasteiger partial charge is 0.207 e. The fourth-order valence-electron chi connectivity index (χ4n) is 6.82. The Morgan fingerprint density at radius 3 is 0.909 bits per heavy atom. The molecule has 44 heavy (non-hydrogen) atoms. The third kappa shape index (κ3) is 4.19. The number of hydrogen-bond acceptors (Lipinski definition) is 0. The summed E-state index contributed by atoms with van der Waals surface area (Å²) in [5.74, 6) is -0.585. The Balaban J connectivity index is 1.77. The van der Waals surface area contributed by atoms with E-state index in [-0.39, 0.29) is 11.6 Å².